The molecule has 0 spiro atoms. The van der Waals surface area contributed by atoms with Gasteiger partial charge in [0, 0.05) is 4.83 Å². The van der Waals surface area contributed by atoms with Gasteiger partial charge in [0.25, 0.3) is 0 Å². The van der Waals surface area contributed by atoms with Crippen LogP contribution in [0.3, 0.4) is 0 Å². The molecule has 0 heterocycles. The number of rotatable bonds is 1. The maximum atomic E-state index is 9.21. The Hall–Kier alpha value is -0.500. The zero-order chi connectivity index (χ0) is 9.97. The number of phenolic OH excluding ortho intramolecular Hbond substituents is 1. The summed E-state index contributed by atoms with van der Waals surface area (Å²) in [5.74, 6) is 0.986. The summed E-state index contributed by atoms with van der Waals surface area (Å²) in [4.78, 5) is 0.612. The Labute approximate surface area is 93.3 Å². The van der Waals surface area contributed by atoms with Crippen molar-refractivity contribution in [1.82, 2.24) is 0 Å². The smallest absolute Gasteiger partial charge is 0.115 e. The van der Waals surface area contributed by atoms with E-state index in [1.54, 1.807) is 12.1 Å². The second-order valence-electron chi connectivity index (χ2n) is 4.00. The number of alkyl halides is 1. The molecule has 1 aliphatic rings. The third kappa shape index (κ3) is 2.11. The molecule has 1 aromatic rings. The average Bonchev–Trinajstić information content (AvgIpc) is 2.20. The molecule has 1 saturated carbocycles. The van der Waals surface area contributed by atoms with Gasteiger partial charge >= 0.3 is 0 Å². The summed E-state index contributed by atoms with van der Waals surface area (Å²) in [5, 5.41) is 9.21. The van der Waals surface area contributed by atoms with E-state index in [1.165, 1.54) is 31.2 Å². The van der Waals surface area contributed by atoms with Crippen molar-refractivity contribution in [3.8, 4) is 5.75 Å². The SMILES string of the molecule is Oc1ccc(C2CCCCC2Br)cc1. The highest BCUT2D eigenvalue weighted by molar-refractivity contribution is 9.09. The van der Waals surface area contributed by atoms with E-state index >= 15 is 0 Å². The molecule has 1 fully saturated rings. The molecule has 1 aliphatic carbocycles. The maximum absolute atomic E-state index is 9.21. The Morgan fingerprint density at radius 3 is 2.36 bits per heavy atom. The van der Waals surface area contributed by atoms with E-state index in [9.17, 15) is 5.11 Å². The molecular weight excluding hydrogens is 240 g/mol. The van der Waals surface area contributed by atoms with Crippen molar-refractivity contribution < 1.29 is 5.11 Å². The van der Waals surface area contributed by atoms with Crippen LogP contribution in [0, 0.1) is 0 Å². The van der Waals surface area contributed by atoms with Crippen LogP contribution in [0.4, 0.5) is 0 Å². The molecule has 1 aromatic carbocycles. The third-order valence-corrected chi connectivity index (χ3v) is 4.10. The minimum Gasteiger partial charge on any atom is -0.508 e. The highest BCUT2D eigenvalue weighted by Gasteiger charge is 2.23. The molecule has 0 saturated heterocycles. The van der Waals surface area contributed by atoms with Crippen LogP contribution in [-0.2, 0) is 0 Å². The van der Waals surface area contributed by atoms with Crippen molar-refractivity contribution >= 4 is 15.9 Å². The summed E-state index contributed by atoms with van der Waals surface area (Å²) in [6, 6.07) is 7.65. The topological polar surface area (TPSA) is 20.2 Å². The fourth-order valence-corrected chi connectivity index (χ4v) is 3.08. The van der Waals surface area contributed by atoms with Gasteiger partial charge in [-0.1, -0.05) is 40.9 Å². The molecular formula is C12H15BrO. The van der Waals surface area contributed by atoms with Gasteiger partial charge < -0.3 is 5.11 Å². The van der Waals surface area contributed by atoms with Gasteiger partial charge in [-0.25, -0.2) is 0 Å². The lowest BCUT2D eigenvalue weighted by Crippen LogP contribution is -2.16. The lowest BCUT2D eigenvalue weighted by molar-refractivity contribution is 0.457. The molecule has 76 valence electrons. The van der Waals surface area contributed by atoms with Crippen molar-refractivity contribution in [3.63, 3.8) is 0 Å². The Morgan fingerprint density at radius 2 is 1.71 bits per heavy atom. The summed E-state index contributed by atoms with van der Waals surface area (Å²) in [6.07, 6.45) is 5.20. The first kappa shape index (κ1) is 10.0. The van der Waals surface area contributed by atoms with Gasteiger partial charge in [-0.05, 0) is 36.5 Å². The first-order valence-corrected chi connectivity index (χ1v) is 6.12. The molecule has 0 aromatic heterocycles. The minimum absolute atomic E-state index is 0.357. The number of hydrogen-bond acceptors (Lipinski definition) is 1. The summed E-state index contributed by atoms with van der Waals surface area (Å²) in [5.41, 5.74) is 1.35. The number of aromatic hydroxyl groups is 1. The number of hydrogen-bond donors (Lipinski definition) is 1. The average molecular weight is 255 g/mol. The van der Waals surface area contributed by atoms with E-state index in [4.69, 9.17) is 0 Å². The van der Waals surface area contributed by atoms with Gasteiger partial charge in [-0.15, -0.1) is 0 Å². The summed E-state index contributed by atoms with van der Waals surface area (Å²) >= 11 is 3.75. The lowest BCUT2D eigenvalue weighted by atomic mass is 9.84. The quantitative estimate of drug-likeness (QED) is 0.756. The first-order chi connectivity index (χ1) is 6.77. The fraction of sp³-hybridized carbons (Fsp3) is 0.500. The maximum Gasteiger partial charge on any atom is 0.115 e. The summed E-state index contributed by atoms with van der Waals surface area (Å²) < 4.78 is 0. The van der Waals surface area contributed by atoms with Crippen LogP contribution in [0.5, 0.6) is 5.75 Å². The van der Waals surface area contributed by atoms with Crippen LogP contribution < -0.4 is 0 Å². The molecule has 0 amide bonds. The molecule has 2 unspecified atom stereocenters. The summed E-state index contributed by atoms with van der Waals surface area (Å²) in [6.45, 7) is 0. The Bertz CT molecular complexity index is 294. The van der Waals surface area contributed by atoms with Gasteiger partial charge in [-0.3, -0.25) is 0 Å². The van der Waals surface area contributed by atoms with E-state index in [0.717, 1.165) is 0 Å². The van der Waals surface area contributed by atoms with Gasteiger partial charge in [0.15, 0.2) is 0 Å². The fourth-order valence-electron chi connectivity index (χ4n) is 2.18. The monoisotopic (exact) mass is 254 g/mol. The van der Waals surface area contributed by atoms with Gasteiger partial charge in [0.2, 0.25) is 0 Å². The van der Waals surface area contributed by atoms with Crippen LogP contribution in [0.1, 0.15) is 37.2 Å². The molecule has 1 nitrogen and oxygen atoms in total. The molecule has 2 rings (SSSR count). The molecule has 1 N–H and O–H groups in total. The zero-order valence-corrected chi connectivity index (χ0v) is 9.70. The van der Waals surface area contributed by atoms with Crippen LogP contribution in [0.25, 0.3) is 0 Å². The van der Waals surface area contributed by atoms with E-state index in [0.29, 0.717) is 16.5 Å². The van der Waals surface area contributed by atoms with Crippen LogP contribution in [-0.4, -0.2) is 9.93 Å². The number of halogens is 1. The van der Waals surface area contributed by atoms with E-state index < -0.39 is 0 Å². The predicted octanol–water partition coefficient (Wildman–Crippen LogP) is 3.81. The molecule has 0 bridgehead atoms. The van der Waals surface area contributed by atoms with Crippen molar-refractivity contribution in [3.05, 3.63) is 29.8 Å². The molecule has 0 radical (unpaired) electrons. The lowest BCUT2D eigenvalue weighted by Gasteiger charge is -2.27. The van der Waals surface area contributed by atoms with Gasteiger partial charge in [-0.2, -0.15) is 0 Å². The Balaban J connectivity index is 2.16. The van der Waals surface area contributed by atoms with E-state index in [-0.39, 0.29) is 0 Å². The second kappa shape index (κ2) is 4.35. The standard InChI is InChI=1S/C12H15BrO/c13-12-4-2-1-3-11(12)9-5-7-10(14)8-6-9/h5-8,11-12,14H,1-4H2. The number of benzene rings is 1. The molecule has 2 atom stereocenters. The van der Waals surface area contributed by atoms with Gasteiger partial charge in [0.1, 0.15) is 5.75 Å². The normalized spacial score (nSPS) is 27.5. The summed E-state index contributed by atoms with van der Waals surface area (Å²) in [7, 11) is 0. The molecule has 2 heteroatoms. The largest absolute Gasteiger partial charge is 0.508 e. The first-order valence-electron chi connectivity index (χ1n) is 5.20. The Kier molecular flexibility index (Phi) is 3.12. The van der Waals surface area contributed by atoms with Crippen LogP contribution >= 0.6 is 15.9 Å². The Morgan fingerprint density at radius 1 is 1.07 bits per heavy atom. The highest BCUT2D eigenvalue weighted by Crippen LogP contribution is 2.37. The van der Waals surface area contributed by atoms with Crippen molar-refractivity contribution in [2.45, 2.75) is 36.4 Å². The van der Waals surface area contributed by atoms with Crippen LogP contribution in [0.15, 0.2) is 24.3 Å². The van der Waals surface area contributed by atoms with Crippen molar-refractivity contribution in [2.75, 3.05) is 0 Å². The van der Waals surface area contributed by atoms with E-state index in [1.807, 2.05) is 12.1 Å². The second-order valence-corrected chi connectivity index (χ2v) is 5.17. The van der Waals surface area contributed by atoms with Crippen molar-refractivity contribution in [2.24, 2.45) is 0 Å². The van der Waals surface area contributed by atoms with E-state index in [2.05, 4.69) is 15.9 Å². The van der Waals surface area contributed by atoms with Gasteiger partial charge in [0.05, 0.1) is 0 Å². The molecule has 0 aliphatic heterocycles. The van der Waals surface area contributed by atoms with Crippen LogP contribution in [0.2, 0.25) is 0 Å². The number of phenols is 1. The minimum atomic E-state index is 0.357. The predicted molar refractivity (Wildman–Crippen MR) is 62.0 cm³/mol. The third-order valence-electron chi connectivity index (χ3n) is 3.00. The highest BCUT2D eigenvalue weighted by atomic mass is 79.9. The molecule has 14 heavy (non-hydrogen) atoms. The van der Waals surface area contributed by atoms with Crippen molar-refractivity contribution in [1.29, 1.82) is 0 Å². The zero-order valence-electron chi connectivity index (χ0n) is 8.12.